The van der Waals surface area contributed by atoms with E-state index >= 15 is 0 Å². The number of hydrazine groups is 1. The number of hydrogen-bond donors (Lipinski definition) is 2. The summed E-state index contributed by atoms with van der Waals surface area (Å²) in [6, 6.07) is 15.3. The summed E-state index contributed by atoms with van der Waals surface area (Å²) in [5.74, 6) is 5.06. The van der Waals surface area contributed by atoms with Gasteiger partial charge in [-0.2, -0.15) is 0 Å². The van der Waals surface area contributed by atoms with Crippen LogP contribution in [0.5, 0.6) is 0 Å². The summed E-state index contributed by atoms with van der Waals surface area (Å²) >= 11 is 5.57. The molecule has 0 unspecified atom stereocenters. The molecular formula is C18H25Cl2N2NaO2. The molecule has 2 rings (SSSR count). The molecule has 0 aromatic heterocycles. The predicted octanol–water partition coefficient (Wildman–Crippen LogP) is 1.54. The van der Waals surface area contributed by atoms with Crippen molar-refractivity contribution in [3.63, 3.8) is 0 Å². The smallest absolute Gasteiger partial charge is 0.870 e. The maximum absolute atomic E-state index is 11.3. The fourth-order valence-corrected chi connectivity index (χ4v) is 1.93. The Balaban J connectivity index is -0.000000473. The molecule has 0 radical (unpaired) electrons. The van der Waals surface area contributed by atoms with Gasteiger partial charge in [0.1, 0.15) is 0 Å². The Bertz CT molecular complexity index is 647. The van der Waals surface area contributed by atoms with Crippen LogP contribution >= 0.6 is 24.0 Å². The van der Waals surface area contributed by atoms with E-state index < -0.39 is 5.24 Å². The minimum absolute atomic E-state index is 0. The Morgan fingerprint density at radius 3 is 1.80 bits per heavy atom. The molecule has 0 heterocycles. The van der Waals surface area contributed by atoms with E-state index in [1.165, 1.54) is 0 Å². The molecule has 0 spiro atoms. The van der Waals surface area contributed by atoms with Crippen LogP contribution in [0, 0.1) is 6.92 Å². The normalized spacial score (nSPS) is 9.36. The zero-order chi connectivity index (χ0) is 16.8. The minimum atomic E-state index is -0.418. The van der Waals surface area contributed by atoms with E-state index in [-0.39, 0.29) is 53.0 Å². The number of aryl methyl sites for hydroxylation is 1. The average molecular weight is 395 g/mol. The molecule has 2 aromatic carbocycles. The van der Waals surface area contributed by atoms with E-state index in [0.717, 1.165) is 16.7 Å². The first kappa shape index (κ1) is 29.3. The molecule has 7 heteroatoms. The van der Waals surface area contributed by atoms with Crippen LogP contribution in [-0.2, 0) is 0 Å². The Hall–Kier alpha value is -0.430. The molecule has 134 valence electrons. The average Bonchev–Trinajstić information content (AvgIpc) is 2.47. The molecule has 0 saturated carbocycles. The molecule has 4 N–H and O–H groups in total. The molecule has 0 aliphatic carbocycles. The Labute approximate surface area is 183 Å². The van der Waals surface area contributed by atoms with Crippen molar-refractivity contribution >= 4 is 29.3 Å². The van der Waals surface area contributed by atoms with Crippen LogP contribution in [0.15, 0.2) is 48.5 Å². The van der Waals surface area contributed by atoms with E-state index in [4.69, 9.17) is 17.4 Å². The summed E-state index contributed by atoms with van der Waals surface area (Å²) < 4.78 is 0. The van der Waals surface area contributed by atoms with Crippen molar-refractivity contribution in [3.05, 3.63) is 59.7 Å². The van der Waals surface area contributed by atoms with Crippen molar-refractivity contribution in [3.8, 4) is 11.1 Å². The van der Waals surface area contributed by atoms with E-state index in [9.17, 15) is 4.79 Å². The van der Waals surface area contributed by atoms with Crippen LogP contribution in [0.25, 0.3) is 11.1 Å². The third kappa shape index (κ3) is 10.3. The molecule has 25 heavy (non-hydrogen) atoms. The summed E-state index contributed by atoms with van der Waals surface area (Å²) in [6.45, 7) is 8.04. The predicted molar refractivity (Wildman–Crippen MR) is 103 cm³/mol. The number of carbonyl (C=O) groups is 1. The Morgan fingerprint density at radius 1 is 1.00 bits per heavy atom. The summed E-state index contributed by atoms with van der Waals surface area (Å²) in [5, 5.41) is -0.418. The first-order valence-corrected chi connectivity index (χ1v) is 7.46. The summed E-state index contributed by atoms with van der Waals surface area (Å²) in [6.07, 6.45) is 0. The van der Waals surface area contributed by atoms with Gasteiger partial charge in [-0.3, -0.25) is 16.1 Å². The zero-order valence-corrected chi connectivity index (χ0v) is 18.9. The van der Waals surface area contributed by atoms with Crippen LogP contribution in [-0.4, -0.2) is 16.3 Å². The number of hydrogen-bond acceptors (Lipinski definition) is 4. The van der Waals surface area contributed by atoms with Crippen LogP contribution in [0.2, 0.25) is 0 Å². The van der Waals surface area contributed by atoms with E-state index in [1.807, 2.05) is 70.2 Å². The molecule has 0 bridgehead atoms. The second kappa shape index (κ2) is 13.7. The van der Waals surface area contributed by atoms with Gasteiger partial charge in [0.05, 0.1) is 0 Å². The van der Waals surface area contributed by atoms with Gasteiger partial charge in [-0.05, 0) is 62.1 Å². The number of nitrogens with two attached hydrogens (primary N) is 1. The van der Waals surface area contributed by atoms with Crippen LogP contribution in [0.1, 0.15) is 36.7 Å². The van der Waals surface area contributed by atoms with Gasteiger partial charge in [0, 0.05) is 11.1 Å². The zero-order valence-electron chi connectivity index (χ0n) is 15.3. The number of halogens is 2. The van der Waals surface area contributed by atoms with Crippen molar-refractivity contribution < 1.29 is 39.8 Å². The van der Waals surface area contributed by atoms with E-state index in [0.29, 0.717) is 5.56 Å². The van der Waals surface area contributed by atoms with Gasteiger partial charge in [0.25, 0.3) is 5.24 Å². The number of benzene rings is 2. The second-order valence-corrected chi connectivity index (χ2v) is 6.37. The molecule has 4 nitrogen and oxygen atoms in total. The van der Waals surface area contributed by atoms with Crippen molar-refractivity contribution in [1.29, 1.82) is 0 Å². The molecule has 2 aromatic rings. The second-order valence-electron chi connectivity index (χ2n) is 6.03. The molecule has 0 fully saturated rings. The summed E-state index contributed by atoms with van der Waals surface area (Å²) in [5.41, 5.74) is 6.30. The molecule has 0 aliphatic heterocycles. The van der Waals surface area contributed by atoms with Gasteiger partial charge in [-0.15, -0.1) is 12.4 Å². The molecular weight excluding hydrogens is 370 g/mol. The summed E-state index contributed by atoms with van der Waals surface area (Å²) in [4.78, 5) is 11.3. The maximum Gasteiger partial charge on any atom is 1.00 e. The van der Waals surface area contributed by atoms with Crippen molar-refractivity contribution in [2.75, 3.05) is 0 Å². The number of rotatable bonds is 2. The van der Waals surface area contributed by atoms with Crippen molar-refractivity contribution in [2.24, 2.45) is 5.84 Å². The number of nitrogens with one attached hydrogen (secondary N) is 1. The molecule has 0 atom stereocenters. The maximum atomic E-state index is 11.3. The van der Waals surface area contributed by atoms with Gasteiger partial charge >= 0.3 is 29.6 Å². The molecule has 0 saturated heterocycles. The summed E-state index contributed by atoms with van der Waals surface area (Å²) in [7, 11) is 0. The largest absolute Gasteiger partial charge is 1.00 e. The minimum Gasteiger partial charge on any atom is -0.870 e. The fourth-order valence-electron chi connectivity index (χ4n) is 1.76. The Morgan fingerprint density at radius 2 is 1.40 bits per heavy atom. The first-order valence-electron chi connectivity index (χ1n) is 7.09. The molecule has 0 amide bonds. The van der Waals surface area contributed by atoms with Gasteiger partial charge in [-0.25, -0.2) is 0 Å². The third-order valence-electron chi connectivity index (χ3n) is 3.01. The van der Waals surface area contributed by atoms with Gasteiger partial charge in [0.2, 0.25) is 0 Å². The van der Waals surface area contributed by atoms with Crippen LogP contribution < -0.4 is 40.8 Å². The first-order chi connectivity index (χ1) is 10.3. The Kier molecular flexibility index (Phi) is 16.1. The molecule has 0 aliphatic rings. The van der Waals surface area contributed by atoms with Crippen LogP contribution in [0.3, 0.4) is 0 Å². The monoisotopic (exact) mass is 394 g/mol. The SMILES string of the molecule is CC(C)(C)NN.Cc1ccccc1-c1ccccc1C(=O)Cl.Cl.[Na+].[OH-]. The fraction of sp³-hybridized carbons (Fsp3) is 0.278. The topological polar surface area (TPSA) is 85.1 Å². The van der Waals surface area contributed by atoms with Gasteiger partial charge < -0.3 is 5.48 Å². The van der Waals surface area contributed by atoms with Crippen molar-refractivity contribution in [2.45, 2.75) is 33.2 Å². The van der Waals surface area contributed by atoms with Gasteiger partial charge in [-0.1, -0.05) is 42.5 Å². The van der Waals surface area contributed by atoms with E-state index in [2.05, 4.69) is 5.43 Å². The third-order valence-corrected chi connectivity index (χ3v) is 3.21. The van der Waals surface area contributed by atoms with Crippen LogP contribution in [0.4, 0.5) is 0 Å². The standard InChI is InChI=1S/C14H11ClO.C4H12N2.ClH.Na.H2O/c1-10-6-2-3-7-11(10)12-8-4-5-9-13(12)14(15)16;1-4(2,3)6-5;;;/h2-9H,1H3;6H,5H2,1-3H3;1H;;1H2/q;;;+1;/p-1. The van der Waals surface area contributed by atoms with E-state index in [1.54, 1.807) is 6.07 Å². The quantitative estimate of drug-likeness (QED) is 0.350. The number of carbonyl (C=O) groups excluding carboxylic acids is 1. The van der Waals surface area contributed by atoms with Crippen molar-refractivity contribution in [1.82, 2.24) is 5.43 Å². The van der Waals surface area contributed by atoms with Gasteiger partial charge in [0.15, 0.2) is 0 Å².